The summed E-state index contributed by atoms with van der Waals surface area (Å²) in [5, 5.41) is 6.46. The van der Waals surface area contributed by atoms with E-state index in [2.05, 4.69) is 72.2 Å². The summed E-state index contributed by atoms with van der Waals surface area (Å²) >= 11 is 0. The van der Waals surface area contributed by atoms with Crippen LogP contribution in [0.3, 0.4) is 0 Å². The topological polar surface area (TPSA) is 60.5 Å². The van der Waals surface area contributed by atoms with Crippen molar-refractivity contribution in [1.29, 1.82) is 0 Å². The van der Waals surface area contributed by atoms with Crippen molar-refractivity contribution in [2.45, 2.75) is 65.5 Å². The van der Waals surface area contributed by atoms with Gasteiger partial charge in [0, 0.05) is 60.6 Å². The molecule has 6 heteroatoms. The van der Waals surface area contributed by atoms with Gasteiger partial charge in [0.15, 0.2) is 0 Å². The molecule has 1 aliphatic carbocycles. The van der Waals surface area contributed by atoms with Gasteiger partial charge in [-0.25, -0.2) is 0 Å². The molecule has 6 nitrogen and oxygen atoms in total. The maximum Gasteiger partial charge on any atom is 0.251 e. The maximum atomic E-state index is 13.7. The van der Waals surface area contributed by atoms with Crippen LogP contribution >= 0.6 is 0 Å². The summed E-state index contributed by atoms with van der Waals surface area (Å²) in [6.45, 7) is 11.5. The van der Waals surface area contributed by atoms with E-state index in [1.807, 2.05) is 33.3 Å². The molecule has 38 heavy (non-hydrogen) atoms. The molecule has 1 aliphatic heterocycles. The summed E-state index contributed by atoms with van der Waals surface area (Å²) in [5.74, 6) is -0.0702. The summed E-state index contributed by atoms with van der Waals surface area (Å²) in [4.78, 5) is 22.9. The number of dihydropyridines is 1. The van der Waals surface area contributed by atoms with E-state index in [0.29, 0.717) is 18.2 Å². The zero-order valence-electron chi connectivity index (χ0n) is 23.9. The van der Waals surface area contributed by atoms with Crippen molar-refractivity contribution in [2.75, 3.05) is 32.6 Å². The third-order valence-corrected chi connectivity index (χ3v) is 7.81. The van der Waals surface area contributed by atoms with Crippen LogP contribution in [0.25, 0.3) is 11.1 Å². The summed E-state index contributed by atoms with van der Waals surface area (Å²) < 4.78 is 0. The molecule has 2 heterocycles. The lowest BCUT2D eigenvalue weighted by atomic mass is 9.92. The fraction of sp³-hybridized carbons (Fsp3) is 0.438. The van der Waals surface area contributed by atoms with E-state index in [9.17, 15) is 4.79 Å². The summed E-state index contributed by atoms with van der Waals surface area (Å²) in [6, 6.07) is 8.93. The zero-order valence-corrected chi connectivity index (χ0v) is 23.9. The number of aromatic nitrogens is 1. The molecule has 2 N–H and O–H groups in total. The Morgan fingerprint density at radius 1 is 1.08 bits per heavy atom. The first-order valence-electron chi connectivity index (χ1n) is 13.7. The largest absolute Gasteiger partial charge is 0.371 e. The molecular weight excluding hydrogens is 470 g/mol. The third kappa shape index (κ3) is 6.36. The fourth-order valence-corrected chi connectivity index (χ4v) is 5.66. The number of allylic oxidation sites excluding steroid dienone is 3. The van der Waals surface area contributed by atoms with Crippen LogP contribution in [-0.2, 0) is 6.54 Å². The van der Waals surface area contributed by atoms with Crippen molar-refractivity contribution >= 4 is 11.6 Å². The van der Waals surface area contributed by atoms with E-state index in [-0.39, 0.29) is 5.91 Å². The first-order valence-corrected chi connectivity index (χ1v) is 13.7. The smallest absolute Gasteiger partial charge is 0.251 e. The molecule has 0 saturated heterocycles. The lowest BCUT2D eigenvalue weighted by Crippen LogP contribution is -2.34. The van der Waals surface area contributed by atoms with Gasteiger partial charge in [-0.1, -0.05) is 31.9 Å². The van der Waals surface area contributed by atoms with Crippen LogP contribution in [-0.4, -0.2) is 49.5 Å². The van der Waals surface area contributed by atoms with Crippen molar-refractivity contribution in [3.8, 4) is 11.1 Å². The third-order valence-electron chi connectivity index (χ3n) is 7.81. The van der Waals surface area contributed by atoms with Crippen LogP contribution < -0.4 is 15.5 Å². The van der Waals surface area contributed by atoms with Crippen LogP contribution in [0.2, 0.25) is 0 Å². The molecule has 202 valence electrons. The lowest BCUT2D eigenvalue weighted by Gasteiger charge is -2.34. The normalized spacial score (nSPS) is 16.4. The van der Waals surface area contributed by atoms with E-state index in [1.165, 1.54) is 32.1 Å². The average molecular weight is 514 g/mol. The lowest BCUT2D eigenvalue weighted by molar-refractivity contribution is 0.0956. The van der Waals surface area contributed by atoms with Crippen LogP contribution in [0.4, 0.5) is 5.69 Å². The molecule has 0 atom stereocenters. The van der Waals surface area contributed by atoms with E-state index < -0.39 is 0 Å². The van der Waals surface area contributed by atoms with E-state index in [0.717, 1.165) is 57.2 Å². The molecule has 1 fully saturated rings. The second kappa shape index (κ2) is 12.0. The first kappa shape index (κ1) is 27.6. The van der Waals surface area contributed by atoms with E-state index in [4.69, 9.17) is 4.98 Å². The standard InChI is InChI=1S/C32H43N5O/c1-21-15-22(2)35-24(4)30(21)19-34-32(38)29-16-26(25-13-14-27(33-18-25)20-36(5)6)17-31(23(29)3)37(7)28-11-9-8-10-12-28/h13-18,28,35H,4,8-12,19-20H2,1-3,5-7H3,(H,34,38). The van der Waals surface area contributed by atoms with Crippen molar-refractivity contribution in [1.82, 2.24) is 20.5 Å². The molecule has 2 aliphatic rings. The summed E-state index contributed by atoms with van der Waals surface area (Å²) in [5.41, 5.74) is 9.95. The highest BCUT2D eigenvalue weighted by Gasteiger charge is 2.23. The van der Waals surface area contributed by atoms with E-state index >= 15 is 0 Å². The van der Waals surface area contributed by atoms with Crippen LogP contribution in [0, 0.1) is 6.92 Å². The number of anilines is 1. The Morgan fingerprint density at radius 2 is 1.82 bits per heavy atom. The summed E-state index contributed by atoms with van der Waals surface area (Å²) in [7, 11) is 6.27. The van der Waals surface area contributed by atoms with Crippen LogP contribution in [0.15, 0.2) is 65.7 Å². The molecule has 0 spiro atoms. The van der Waals surface area contributed by atoms with Gasteiger partial charge >= 0.3 is 0 Å². The highest BCUT2D eigenvalue weighted by atomic mass is 16.1. The van der Waals surface area contributed by atoms with Crippen LogP contribution in [0.5, 0.6) is 0 Å². The van der Waals surface area contributed by atoms with Gasteiger partial charge in [-0.2, -0.15) is 0 Å². The summed E-state index contributed by atoms with van der Waals surface area (Å²) in [6.07, 6.45) is 10.2. The Bertz CT molecular complexity index is 1250. The SMILES string of the molecule is C=C1NC(C)=CC(C)=C1CNC(=O)c1cc(-c2ccc(CN(C)C)nc2)cc(N(C)C2CCCCC2)c1C. The highest BCUT2D eigenvalue weighted by molar-refractivity contribution is 5.99. The van der Waals surface area contributed by atoms with Gasteiger partial charge in [-0.15, -0.1) is 0 Å². The van der Waals surface area contributed by atoms with Gasteiger partial charge in [0.2, 0.25) is 0 Å². The van der Waals surface area contributed by atoms with Gasteiger partial charge in [-0.05, 0) is 94.3 Å². The molecular formula is C32H43N5O. The van der Waals surface area contributed by atoms with Gasteiger partial charge in [0.25, 0.3) is 5.91 Å². The van der Waals surface area contributed by atoms with Gasteiger partial charge in [0.1, 0.15) is 0 Å². The fourth-order valence-electron chi connectivity index (χ4n) is 5.66. The van der Waals surface area contributed by atoms with Gasteiger partial charge in [-0.3, -0.25) is 9.78 Å². The number of nitrogens with zero attached hydrogens (tertiary/aromatic N) is 3. The molecule has 0 bridgehead atoms. The Kier molecular flexibility index (Phi) is 8.72. The van der Waals surface area contributed by atoms with E-state index in [1.54, 1.807) is 0 Å². The number of hydrogen-bond donors (Lipinski definition) is 2. The second-order valence-corrected chi connectivity index (χ2v) is 11.1. The monoisotopic (exact) mass is 513 g/mol. The first-order chi connectivity index (χ1) is 18.1. The Hall–Kier alpha value is -3.38. The highest BCUT2D eigenvalue weighted by Crippen LogP contribution is 2.34. The number of benzene rings is 1. The molecule has 1 amide bonds. The molecule has 2 aromatic rings. The number of amides is 1. The Labute approximate surface area is 228 Å². The van der Waals surface area contributed by atoms with Gasteiger partial charge < -0.3 is 20.4 Å². The van der Waals surface area contributed by atoms with Gasteiger partial charge in [0.05, 0.1) is 5.69 Å². The molecule has 1 saturated carbocycles. The Morgan fingerprint density at radius 3 is 2.45 bits per heavy atom. The number of pyridine rings is 1. The predicted octanol–water partition coefficient (Wildman–Crippen LogP) is 5.95. The van der Waals surface area contributed by atoms with Crippen molar-refractivity contribution in [3.05, 3.63) is 82.5 Å². The second-order valence-electron chi connectivity index (χ2n) is 11.1. The molecule has 0 radical (unpaired) electrons. The predicted molar refractivity (Wildman–Crippen MR) is 158 cm³/mol. The average Bonchev–Trinajstić information content (AvgIpc) is 2.88. The van der Waals surface area contributed by atoms with Crippen molar-refractivity contribution in [2.24, 2.45) is 0 Å². The zero-order chi connectivity index (χ0) is 27.4. The quantitative estimate of drug-likeness (QED) is 0.456. The molecule has 1 aromatic carbocycles. The number of nitrogens with one attached hydrogen (secondary N) is 2. The van der Waals surface area contributed by atoms with Crippen molar-refractivity contribution < 1.29 is 4.79 Å². The molecule has 0 unspecified atom stereocenters. The Balaban J connectivity index is 1.68. The van der Waals surface area contributed by atoms with Crippen molar-refractivity contribution in [3.63, 3.8) is 0 Å². The molecule has 1 aromatic heterocycles. The molecule has 4 rings (SSSR count). The minimum absolute atomic E-state index is 0.0702. The number of carbonyl (C=O) groups is 1. The minimum atomic E-state index is -0.0702. The van der Waals surface area contributed by atoms with Crippen LogP contribution in [0.1, 0.15) is 67.6 Å². The number of carbonyl (C=O) groups excluding carboxylic acids is 1. The maximum absolute atomic E-state index is 13.7. The number of hydrogen-bond acceptors (Lipinski definition) is 5. The minimum Gasteiger partial charge on any atom is -0.371 e. The number of rotatable bonds is 8.